The third kappa shape index (κ3) is 4.36. The Morgan fingerprint density at radius 1 is 1.38 bits per heavy atom. The van der Waals surface area contributed by atoms with E-state index in [4.69, 9.17) is 4.74 Å². The zero-order valence-corrected chi connectivity index (χ0v) is 14.7. The van der Waals surface area contributed by atoms with E-state index in [1.807, 2.05) is 0 Å². The molecule has 0 aliphatic carbocycles. The van der Waals surface area contributed by atoms with Crippen molar-refractivity contribution in [1.29, 1.82) is 0 Å². The second kappa shape index (κ2) is 8.24. The number of morpholine rings is 1. The fourth-order valence-electron chi connectivity index (χ4n) is 2.99. The Morgan fingerprint density at radius 2 is 2.12 bits per heavy atom. The molecule has 0 radical (unpaired) electrons. The minimum absolute atomic E-state index is 0.166. The van der Waals surface area contributed by atoms with Crippen LogP contribution in [0.25, 0.3) is 0 Å². The standard InChI is InChI=1S/C17H22FN5O3/c1-13-19-16(17(20-13)23(24)25)22(7-6-21-8-10-26-11-9-21)12-14-4-2-3-5-15(14)18/h2-5H,6-12H2,1H3,(H,19,20). The molecular weight excluding hydrogens is 341 g/mol. The number of nitro groups is 1. The van der Waals surface area contributed by atoms with Crippen LogP contribution in [0.3, 0.4) is 0 Å². The van der Waals surface area contributed by atoms with Gasteiger partial charge in [0.25, 0.3) is 0 Å². The lowest BCUT2D eigenvalue weighted by Crippen LogP contribution is -2.41. The lowest BCUT2D eigenvalue weighted by molar-refractivity contribution is -0.388. The molecule has 1 aliphatic rings. The first-order chi connectivity index (χ1) is 12.5. The van der Waals surface area contributed by atoms with Crippen molar-refractivity contribution >= 4 is 11.6 Å². The summed E-state index contributed by atoms with van der Waals surface area (Å²) in [6.45, 7) is 6.05. The van der Waals surface area contributed by atoms with E-state index >= 15 is 0 Å². The van der Waals surface area contributed by atoms with Gasteiger partial charge in [0, 0.05) is 45.2 Å². The Morgan fingerprint density at radius 3 is 2.81 bits per heavy atom. The number of benzene rings is 1. The molecule has 140 valence electrons. The molecule has 0 saturated carbocycles. The maximum Gasteiger partial charge on any atom is 0.365 e. The topological polar surface area (TPSA) is 87.5 Å². The highest BCUT2D eigenvalue weighted by Crippen LogP contribution is 2.27. The van der Waals surface area contributed by atoms with Gasteiger partial charge in [-0.05, 0) is 11.0 Å². The number of nitrogens with zero attached hydrogens (tertiary/aromatic N) is 4. The predicted octanol–water partition coefficient (Wildman–Crippen LogP) is 2.10. The van der Waals surface area contributed by atoms with Crippen LogP contribution in [0.1, 0.15) is 11.4 Å². The lowest BCUT2D eigenvalue weighted by atomic mass is 10.2. The van der Waals surface area contributed by atoms with Gasteiger partial charge in [0.2, 0.25) is 5.82 Å². The Kier molecular flexibility index (Phi) is 5.79. The Bertz CT molecular complexity index is 761. The van der Waals surface area contributed by atoms with Crippen molar-refractivity contribution < 1.29 is 14.1 Å². The maximum atomic E-state index is 14.1. The van der Waals surface area contributed by atoms with Gasteiger partial charge in [0.05, 0.1) is 13.2 Å². The highest BCUT2D eigenvalue weighted by molar-refractivity contribution is 5.54. The average molecular weight is 363 g/mol. The van der Waals surface area contributed by atoms with Crippen molar-refractivity contribution in [2.45, 2.75) is 13.5 Å². The zero-order valence-electron chi connectivity index (χ0n) is 14.7. The van der Waals surface area contributed by atoms with Crippen LogP contribution in [0.15, 0.2) is 24.3 Å². The van der Waals surface area contributed by atoms with Crippen molar-refractivity contribution in [2.24, 2.45) is 0 Å². The van der Waals surface area contributed by atoms with Gasteiger partial charge in [-0.3, -0.25) is 4.90 Å². The van der Waals surface area contributed by atoms with Gasteiger partial charge < -0.3 is 19.8 Å². The number of aryl methyl sites for hydroxylation is 1. The first kappa shape index (κ1) is 18.3. The molecule has 1 aliphatic heterocycles. The highest BCUT2D eigenvalue weighted by atomic mass is 19.1. The summed E-state index contributed by atoms with van der Waals surface area (Å²) < 4.78 is 19.5. The average Bonchev–Trinajstić information content (AvgIpc) is 3.03. The monoisotopic (exact) mass is 363 g/mol. The third-order valence-corrected chi connectivity index (χ3v) is 4.38. The van der Waals surface area contributed by atoms with Crippen LogP contribution >= 0.6 is 0 Å². The molecule has 2 aromatic rings. The number of halogens is 1. The predicted molar refractivity (Wildman–Crippen MR) is 94.7 cm³/mol. The summed E-state index contributed by atoms with van der Waals surface area (Å²) in [7, 11) is 0. The summed E-state index contributed by atoms with van der Waals surface area (Å²) in [5, 5.41) is 11.4. The van der Waals surface area contributed by atoms with Crippen LogP contribution in [0.5, 0.6) is 0 Å². The number of aromatic amines is 1. The van der Waals surface area contributed by atoms with E-state index in [-0.39, 0.29) is 24.0 Å². The second-order valence-corrected chi connectivity index (χ2v) is 6.22. The smallest absolute Gasteiger partial charge is 0.365 e. The lowest BCUT2D eigenvalue weighted by Gasteiger charge is -2.30. The number of hydrogen-bond acceptors (Lipinski definition) is 6. The van der Waals surface area contributed by atoms with Gasteiger partial charge in [-0.15, -0.1) is 0 Å². The minimum atomic E-state index is -0.488. The number of nitrogens with one attached hydrogen (secondary N) is 1. The SMILES string of the molecule is Cc1nc(N(CCN2CCOCC2)Cc2ccccc2F)c([N+](=O)[O-])[nH]1. The number of anilines is 1. The summed E-state index contributed by atoms with van der Waals surface area (Å²) in [6.07, 6.45) is 0. The van der Waals surface area contributed by atoms with E-state index in [1.165, 1.54) is 6.07 Å². The van der Waals surface area contributed by atoms with Crippen LogP contribution in [0, 0.1) is 22.9 Å². The Balaban J connectivity index is 1.83. The Labute approximate surface area is 150 Å². The molecule has 9 heteroatoms. The molecule has 1 N–H and O–H groups in total. The molecule has 0 amide bonds. The molecule has 8 nitrogen and oxygen atoms in total. The van der Waals surface area contributed by atoms with Crippen molar-refractivity contribution in [2.75, 3.05) is 44.3 Å². The molecule has 0 spiro atoms. The molecule has 2 heterocycles. The van der Waals surface area contributed by atoms with Crippen molar-refractivity contribution in [3.05, 3.63) is 51.6 Å². The van der Waals surface area contributed by atoms with E-state index in [9.17, 15) is 14.5 Å². The van der Waals surface area contributed by atoms with Crippen molar-refractivity contribution in [3.8, 4) is 0 Å². The summed E-state index contributed by atoms with van der Waals surface area (Å²) in [4.78, 5) is 21.8. The van der Waals surface area contributed by atoms with Gasteiger partial charge in [0.1, 0.15) is 5.82 Å². The van der Waals surface area contributed by atoms with Crippen LogP contribution in [-0.4, -0.2) is 59.2 Å². The number of ether oxygens (including phenoxy) is 1. The van der Waals surface area contributed by atoms with E-state index in [1.54, 1.807) is 30.0 Å². The largest absolute Gasteiger partial charge is 0.379 e. The first-order valence-corrected chi connectivity index (χ1v) is 8.54. The summed E-state index contributed by atoms with van der Waals surface area (Å²) in [6, 6.07) is 6.45. The van der Waals surface area contributed by atoms with Gasteiger partial charge in [-0.1, -0.05) is 18.2 Å². The summed E-state index contributed by atoms with van der Waals surface area (Å²) >= 11 is 0. The molecule has 26 heavy (non-hydrogen) atoms. The zero-order chi connectivity index (χ0) is 18.5. The molecule has 0 unspecified atom stereocenters. The van der Waals surface area contributed by atoms with Gasteiger partial charge >= 0.3 is 5.82 Å². The number of aromatic nitrogens is 2. The van der Waals surface area contributed by atoms with Crippen LogP contribution in [-0.2, 0) is 11.3 Å². The molecular formula is C17H22FN5O3. The number of rotatable bonds is 7. The van der Waals surface area contributed by atoms with E-state index in [2.05, 4.69) is 14.9 Å². The molecule has 0 atom stereocenters. The molecule has 1 fully saturated rings. The van der Waals surface area contributed by atoms with E-state index in [0.29, 0.717) is 37.7 Å². The Hall–Kier alpha value is -2.52. The normalized spacial score (nSPS) is 15.2. The quantitative estimate of drug-likeness (QED) is 0.599. The molecule has 1 aromatic carbocycles. The van der Waals surface area contributed by atoms with Gasteiger partial charge in [0.15, 0.2) is 5.82 Å². The van der Waals surface area contributed by atoms with Crippen LogP contribution < -0.4 is 4.90 Å². The molecule has 1 aromatic heterocycles. The van der Waals surface area contributed by atoms with Gasteiger partial charge in [-0.2, -0.15) is 4.98 Å². The third-order valence-electron chi connectivity index (χ3n) is 4.38. The molecule has 1 saturated heterocycles. The summed E-state index contributed by atoms with van der Waals surface area (Å²) in [5.41, 5.74) is 0.476. The van der Waals surface area contributed by atoms with Crippen LogP contribution in [0.4, 0.5) is 16.0 Å². The minimum Gasteiger partial charge on any atom is -0.379 e. The van der Waals surface area contributed by atoms with Gasteiger partial charge in [-0.25, -0.2) is 9.37 Å². The number of imidazole rings is 1. The van der Waals surface area contributed by atoms with E-state index in [0.717, 1.165) is 13.1 Å². The highest BCUT2D eigenvalue weighted by Gasteiger charge is 2.25. The van der Waals surface area contributed by atoms with E-state index < -0.39 is 4.92 Å². The molecule has 3 rings (SSSR count). The second-order valence-electron chi connectivity index (χ2n) is 6.22. The number of hydrogen-bond donors (Lipinski definition) is 1. The van der Waals surface area contributed by atoms with Crippen molar-refractivity contribution in [1.82, 2.24) is 14.9 Å². The van der Waals surface area contributed by atoms with Crippen LogP contribution in [0.2, 0.25) is 0 Å². The fraction of sp³-hybridized carbons (Fsp3) is 0.471. The fourth-order valence-corrected chi connectivity index (χ4v) is 2.99. The summed E-state index contributed by atoms with van der Waals surface area (Å²) in [5.74, 6) is 0.195. The van der Waals surface area contributed by atoms with Crippen molar-refractivity contribution in [3.63, 3.8) is 0 Å². The molecule has 0 bridgehead atoms. The maximum absolute atomic E-state index is 14.1. The first-order valence-electron chi connectivity index (χ1n) is 8.54. The number of H-pyrrole nitrogens is 1.